The summed E-state index contributed by atoms with van der Waals surface area (Å²) in [7, 11) is 0. The Labute approximate surface area is 121 Å². The van der Waals surface area contributed by atoms with E-state index < -0.39 is 11.7 Å². The minimum Gasteiger partial charge on any atom is -0.399 e. The molecule has 0 aliphatic heterocycles. The van der Waals surface area contributed by atoms with Crippen molar-refractivity contribution >= 4 is 23.1 Å². The minimum atomic E-state index is -4.39. The second-order valence-corrected chi connectivity index (χ2v) is 6.52. The molecule has 112 valence electrons. The Morgan fingerprint density at radius 3 is 2.50 bits per heavy atom. The van der Waals surface area contributed by atoms with Crippen LogP contribution in [0.3, 0.4) is 0 Å². The molecule has 3 N–H and O–H groups in total. The highest BCUT2D eigenvalue weighted by molar-refractivity contribution is 8.00. The minimum absolute atomic E-state index is 0.0598. The quantitative estimate of drug-likeness (QED) is 0.811. The second kappa shape index (κ2) is 5.76. The molecule has 0 aromatic heterocycles. The summed E-state index contributed by atoms with van der Waals surface area (Å²) >= 11 is 1.75. The lowest BCUT2D eigenvalue weighted by Crippen LogP contribution is -2.30. The number of hydrogen-bond donors (Lipinski definition) is 2. The Balaban J connectivity index is 2.17. The van der Waals surface area contributed by atoms with Crippen LogP contribution in [0.25, 0.3) is 0 Å². The lowest BCUT2D eigenvalue weighted by atomic mass is 10.1. The van der Waals surface area contributed by atoms with Gasteiger partial charge in [0.05, 0.1) is 5.56 Å². The van der Waals surface area contributed by atoms with Crippen LogP contribution in [-0.2, 0) is 6.18 Å². The number of halogens is 3. The number of thioether (sulfide) groups is 1. The molecule has 1 aliphatic rings. The molecule has 0 spiro atoms. The van der Waals surface area contributed by atoms with E-state index in [-0.39, 0.29) is 16.1 Å². The molecule has 1 fully saturated rings. The first kappa shape index (κ1) is 15.4. The number of nitrogen functional groups attached to an aromatic ring is 1. The molecule has 1 aliphatic carbocycles. The molecule has 0 radical (unpaired) electrons. The van der Waals surface area contributed by atoms with E-state index in [9.17, 15) is 13.2 Å². The third kappa shape index (κ3) is 3.34. The van der Waals surface area contributed by atoms with Gasteiger partial charge in [-0.1, -0.05) is 12.8 Å². The highest BCUT2D eigenvalue weighted by atomic mass is 32.2. The monoisotopic (exact) mass is 304 g/mol. The predicted molar refractivity (Wildman–Crippen MR) is 79.1 cm³/mol. The number of nitrogens with one attached hydrogen (secondary N) is 1. The van der Waals surface area contributed by atoms with Crippen LogP contribution in [0.1, 0.15) is 31.2 Å². The molecule has 1 aromatic carbocycles. The highest BCUT2D eigenvalue weighted by Gasteiger charge is 2.36. The van der Waals surface area contributed by atoms with Gasteiger partial charge < -0.3 is 11.1 Å². The van der Waals surface area contributed by atoms with Crippen molar-refractivity contribution in [3.63, 3.8) is 0 Å². The van der Waals surface area contributed by atoms with Crippen LogP contribution in [0.2, 0.25) is 0 Å². The molecule has 6 heteroatoms. The third-order valence-corrected chi connectivity index (χ3v) is 5.32. The molecule has 0 amide bonds. The average molecular weight is 304 g/mol. The van der Waals surface area contributed by atoms with E-state index in [1.807, 2.05) is 6.26 Å². The van der Waals surface area contributed by atoms with E-state index in [0.717, 1.165) is 31.7 Å². The van der Waals surface area contributed by atoms with Gasteiger partial charge in [-0.15, -0.1) is 0 Å². The second-order valence-electron chi connectivity index (χ2n) is 5.25. The summed E-state index contributed by atoms with van der Waals surface area (Å²) in [5.41, 5.74) is 5.02. The van der Waals surface area contributed by atoms with Gasteiger partial charge in [-0.25, -0.2) is 0 Å². The Bertz CT molecular complexity index is 468. The van der Waals surface area contributed by atoms with Gasteiger partial charge in [0.2, 0.25) is 0 Å². The Morgan fingerprint density at radius 1 is 1.30 bits per heavy atom. The van der Waals surface area contributed by atoms with Crippen molar-refractivity contribution in [3.05, 3.63) is 23.8 Å². The predicted octanol–water partition coefficient (Wildman–Crippen LogP) is 4.38. The molecule has 1 aromatic rings. The zero-order chi connectivity index (χ0) is 14.8. The Hall–Kier alpha value is -1.04. The summed E-state index contributed by atoms with van der Waals surface area (Å²) in [6.07, 6.45) is 2.04. The molecule has 0 saturated heterocycles. The maximum atomic E-state index is 13.0. The van der Waals surface area contributed by atoms with Gasteiger partial charge in [0.15, 0.2) is 0 Å². The van der Waals surface area contributed by atoms with E-state index in [2.05, 4.69) is 5.32 Å². The van der Waals surface area contributed by atoms with Crippen molar-refractivity contribution in [2.24, 2.45) is 0 Å². The van der Waals surface area contributed by atoms with E-state index in [4.69, 9.17) is 5.73 Å². The summed E-state index contributed by atoms with van der Waals surface area (Å²) in [5, 5.41) is 2.98. The van der Waals surface area contributed by atoms with Gasteiger partial charge in [0.25, 0.3) is 0 Å². The van der Waals surface area contributed by atoms with Gasteiger partial charge in [0.1, 0.15) is 0 Å². The first-order valence-corrected chi connectivity index (χ1v) is 7.84. The van der Waals surface area contributed by atoms with E-state index in [1.165, 1.54) is 12.1 Å². The van der Waals surface area contributed by atoms with Crippen molar-refractivity contribution in [1.29, 1.82) is 0 Å². The fourth-order valence-corrected chi connectivity index (χ4v) is 3.59. The number of anilines is 2. The molecule has 0 unspecified atom stereocenters. The van der Waals surface area contributed by atoms with Crippen LogP contribution in [0.15, 0.2) is 18.2 Å². The maximum absolute atomic E-state index is 13.0. The average Bonchev–Trinajstić information content (AvgIpc) is 2.86. The van der Waals surface area contributed by atoms with Crippen LogP contribution in [0.4, 0.5) is 24.5 Å². The largest absolute Gasteiger partial charge is 0.418 e. The third-order valence-electron chi connectivity index (χ3n) is 3.90. The summed E-state index contributed by atoms with van der Waals surface area (Å²) in [5.74, 6) is 0. The SMILES string of the molecule is CSC1(CNc2ccc(N)cc2C(F)(F)F)CCCC1. The number of rotatable bonds is 4. The van der Waals surface area contributed by atoms with E-state index in [0.29, 0.717) is 6.54 Å². The van der Waals surface area contributed by atoms with Crippen molar-refractivity contribution in [3.8, 4) is 0 Å². The summed E-state index contributed by atoms with van der Waals surface area (Å²) in [6, 6.07) is 3.90. The van der Waals surface area contributed by atoms with Crippen LogP contribution in [0, 0.1) is 0 Å². The van der Waals surface area contributed by atoms with Crippen molar-refractivity contribution < 1.29 is 13.2 Å². The van der Waals surface area contributed by atoms with E-state index >= 15 is 0 Å². The normalized spacial score (nSPS) is 18.2. The zero-order valence-electron chi connectivity index (χ0n) is 11.4. The lowest BCUT2D eigenvalue weighted by Gasteiger charge is -2.28. The molecular formula is C14H19F3N2S. The molecule has 2 nitrogen and oxygen atoms in total. The fourth-order valence-electron chi connectivity index (χ4n) is 2.68. The molecule has 0 atom stereocenters. The van der Waals surface area contributed by atoms with Gasteiger partial charge in [-0.2, -0.15) is 24.9 Å². The summed E-state index contributed by atoms with van der Waals surface area (Å²) in [6.45, 7) is 0.557. The van der Waals surface area contributed by atoms with Crippen LogP contribution in [0.5, 0.6) is 0 Å². The first-order valence-electron chi connectivity index (χ1n) is 6.62. The van der Waals surface area contributed by atoms with Crippen LogP contribution < -0.4 is 11.1 Å². The molecule has 0 heterocycles. The number of benzene rings is 1. The summed E-state index contributed by atoms with van der Waals surface area (Å²) < 4.78 is 39.1. The maximum Gasteiger partial charge on any atom is 0.418 e. The molecule has 2 rings (SSSR count). The van der Waals surface area contributed by atoms with Gasteiger partial charge in [-0.3, -0.25) is 0 Å². The van der Waals surface area contributed by atoms with Gasteiger partial charge in [-0.05, 0) is 37.3 Å². The first-order chi connectivity index (χ1) is 9.36. The Morgan fingerprint density at radius 2 is 1.95 bits per heavy atom. The lowest BCUT2D eigenvalue weighted by molar-refractivity contribution is -0.136. The van der Waals surface area contributed by atoms with Gasteiger partial charge in [0, 0.05) is 22.7 Å². The van der Waals surface area contributed by atoms with Crippen LogP contribution >= 0.6 is 11.8 Å². The van der Waals surface area contributed by atoms with Crippen LogP contribution in [-0.4, -0.2) is 17.5 Å². The number of alkyl halides is 3. The van der Waals surface area contributed by atoms with Crippen molar-refractivity contribution in [2.45, 2.75) is 36.6 Å². The highest BCUT2D eigenvalue weighted by Crippen LogP contribution is 2.41. The smallest absolute Gasteiger partial charge is 0.399 e. The Kier molecular flexibility index (Phi) is 4.42. The van der Waals surface area contributed by atoms with Gasteiger partial charge >= 0.3 is 6.18 Å². The van der Waals surface area contributed by atoms with Crippen molar-refractivity contribution in [2.75, 3.05) is 23.9 Å². The molecular weight excluding hydrogens is 285 g/mol. The molecule has 20 heavy (non-hydrogen) atoms. The number of nitrogens with two attached hydrogens (primary N) is 1. The molecule has 0 bridgehead atoms. The summed E-state index contributed by atoms with van der Waals surface area (Å²) in [4.78, 5) is 0. The number of hydrogen-bond acceptors (Lipinski definition) is 3. The van der Waals surface area contributed by atoms with Crippen molar-refractivity contribution in [1.82, 2.24) is 0 Å². The zero-order valence-corrected chi connectivity index (χ0v) is 12.2. The standard InChI is InChI=1S/C14H19F3N2S/c1-20-13(6-2-3-7-13)9-19-12-5-4-10(18)8-11(12)14(15,16)17/h4-5,8,19H,2-3,6-7,9,18H2,1H3. The topological polar surface area (TPSA) is 38.0 Å². The van der Waals surface area contributed by atoms with E-state index in [1.54, 1.807) is 11.8 Å². The fraction of sp³-hybridized carbons (Fsp3) is 0.571. The molecule has 1 saturated carbocycles.